The smallest absolute Gasteiger partial charge is 0.243 e. The molecule has 0 aromatic heterocycles. The molecule has 2 rings (SSSR count). The van der Waals surface area contributed by atoms with Crippen LogP contribution in [0.2, 0.25) is 5.02 Å². The molecule has 0 amide bonds. The van der Waals surface area contributed by atoms with E-state index in [1.54, 1.807) is 12.1 Å². The lowest BCUT2D eigenvalue weighted by Crippen LogP contribution is -2.47. The summed E-state index contributed by atoms with van der Waals surface area (Å²) in [6.07, 6.45) is 4.32. The van der Waals surface area contributed by atoms with Gasteiger partial charge in [-0.1, -0.05) is 67.9 Å². The van der Waals surface area contributed by atoms with E-state index >= 15 is 0 Å². The zero-order valence-electron chi connectivity index (χ0n) is 16.5. The monoisotopic (exact) mass is 421 g/mol. The molecule has 0 aliphatic heterocycles. The Hall–Kier alpha value is -1.66. The van der Waals surface area contributed by atoms with Crippen LogP contribution in [0.4, 0.5) is 0 Å². The topological polar surface area (TPSA) is 57.6 Å². The van der Waals surface area contributed by atoms with Gasteiger partial charge in [0, 0.05) is 17.1 Å². The highest BCUT2D eigenvalue weighted by atomic mass is 35.5. The Labute approximate surface area is 173 Å². The van der Waals surface area contributed by atoms with Gasteiger partial charge in [0.25, 0.3) is 0 Å². The van der Waals surface area contributed by atoms with Gasteiger partial charge < -0.3 is 5.11 Å². The normalized spacial score (nSPS) is 14.7. The van der Waals surface area contributed by atoms with Gasteiger partial charge in [0.1, 0.15) is 0 Å². The van der Waals surface area contributed by atoms with Gasteiger partial charge in [-0.25, -0.2) is 8.42 Å². The van der Waals surface area contributed by atoms with Crippen LogP contribution in [-0.4, -0.2) is 36.5 Å². The molecule has 0 radical (unpaired) electrons. The van der Waals surface area contributed by atoms with Crippen LogP contribution < -0.4 is 0 Å². The molecule has 6 heteroatoms. The van der Waals surface area contributed by atoms with Crippen LogP contribution in [0.15, 0.2) is 65.6 Å². The molecule has 0 saturated carbocycles. The Morgan fingerprint density at radius 2 is 1.64 bits per heavy atom. The number of benzene rings is 2. The Morgan fingerprint density at radius 3 is 2.18 bits per heavy atom. The number of hydrogen-bond donors (Lipinski definition) is 1. The highest BCUT2D eigenvalue weighted by Crippen LogP contribution is 2.26. The number of aliphatic hydroxyl groups is 1. The molecule has 1 N–H and O–H groups in total. The molecule has 0 aliphatic carbocycles. The number of halogens is 1. The summed E-state index contributed by atoms with van der Waals surface area (Å²) in [7, 11) is -3.81. The van der Waals surface area contributed by atoms with Crippen molar-refractivity contribution >= 4 is 27.7 Å². The van der Waals surface area contributed by atoms with E-state index in [0.29, 0.717) is 11.4 Å². The molecule has 1 unspecified atom stereocenters. The number of sulfonamides is 1. The minimum absolute atomic E-state index is 0.166. The van der Waals surface area contributed by atoms with Crippen LogP contribution in [0.1, 0.15) is 32.8 Å². The van der Waals surface area contributed by atoms with Crippen molar-refractivity contribution in [2.45, 2.75) is 44.2 Å². The quantitative estimate of drug-likeness (QED) is 0.630. The SMILES string of the molecule is CC(C)C[C@H](CO)N(C(C)/C=C/c1ccccc1)S(=O)(=O)c1ccc(Cl)cc1. The van der Waals surface area contributed by atoms with E-state index in [9.17, 15) is 13.5 Å². The molecule has 0 aliphatic rings. The van der Waals surface area contributed by atoms with E-state index in [0.717, 1.165) is 5.56 Å². The molecule has 0 spiro atoms. The molecule has 0 bridgehead atoms. The van der Waals surface area contributed by atoms with Crippen LogP contribution in [0.5, 0.6) is 0 Å². The summed E-state index contributed by atoms with van der Waals surface area (Å²) in [6.45, 7) is 5.62. The van der Waals surface area contributed by atoms with Gasteiger partial charge in [0.2, 0.25) is 10.0 Å². The first kappa shape index (κ1) is 22.6. The second-order valence-corrected chi connectivity index (χ2v) is 9.54. The highest BCUT2D eigenvalue weighted by Gasteiger charge is 2.34. The fourth-order valence-corrected chi connectivity index (χ4v) is 5.08. The highest BCUT2D eigenvalue weighted by molar-refractivity contribution is 7.89. The van der Waals surface area contributed by atoms with E-state index in [2.05, 4.69) is 0 Å². The molecule has 0 fully saturated rings. The van der Waals surface area contributed by atoms with Crippen LogP contribution in [0.3, 0.4) is 0 Å². The van der Waals surface area contributed by atoms with Crippen LogP contribution in [-0.2, 0) is 10.0 Å². The van der Waals surface area contributed by atoms with Gasteiger partial charge in [-0.2, -0.15) is 4.31 Å². The third kappa shape index (κ3) is 5.92. The molecular weight excluding hydrogens is 394 g/mol. The summed E-state index contributed by atoms with van der Waals surface area (Å²) in [6, 6.07) is 14.9. The van der Waals surface area contributed by atoms with E-state index < -0.39 is 22.1 Å². The summed E-state index contributed by atoms with van der Waals surface area (Å²) >= 11 is 5.92. The first-order valence-corrected chi connectivity index (χ1v) is 11.2. The maximum absolute atomic E-state index is 13.4. The van der Waals surface area contributed by atoms with Gasteiger partial charge in [0.05, 0.1) is 11.5 Å². The number of nitrogens with zero attached hydrogens (tertiary/aromatic N) is 1. The van der Waals surface area contributed by atoms with Crippen molar-refractivity contribution in [2.75, 3.05) is 6.61 Å². The Bertz CT molecular complexity index is 864. The van der Waals surface area contributed by atoms with E-state index in [1.165, 1.54) is 16.4 Å². The van der Waals surface area contributed by atoms with E-state index in [4.69, 9.17) is 11.6 Å². The average molecular weight is 422 g/mol. The Morgan fingerprint density at radius 1 is 1.04 bits per heavy atom. The zero-order valence-corrected chi connectivity index (χ0v) is 18.1. The fraction of sp³-hybridized carbons (Fsp3) is 0.364. The number of rotatable bonds is 9. The second-order valence-electron chi connectivity index (χ2n) is 7.27. The molecule has 0 heterocycles. The summed E-state index contributed by atoms with van der Waals surface area (Å²) in [5.74, 6) is 0.241. The minimum Gasteiger partial charge on any atom is -0.395 e. The van der Waals surface area contributed by atoms with Gasteiger partial charge in [-0.3, -0.25) is 0 Å². The molecular formula is C22H28ClNO3S. The van der Waals surface area contributed by atoms with Crippen LogP contribution in [0, 0.1) is 5.92 Å². The second kappa shape index (κ2) is 10.2. The summed E-state index contributed by atoms with van der Waals surface area (Å²) in [5.41, 5.74) is 0.989. The molecule has 152 valence electrons. The minimum atomic E-state index is -3.81. The maximum atomic E-state index is 13.4. The Kier molecular flexibility index (Phi) is 8.25. The summed E-state index contributed by atoms with van der Waals surface area (Å²) < 4.78 is 28.2. The van der Waals surface area contributed by atoms with Crippen molar-refractivity contribution in [1.82, 2.24) is 4.31 Å². The van der Waals surface area contributed by atoms with Gasteiger partial charge in [-0.15, -0.1) is 0 Å². The third-order valence-electron chi connectivity index (χ3n) is 4.47. The molecule has 2 aromatic carbocycles. The van der Waals surface area contributed by atoms with Crippen LogP contribution in [0.25, 0.3) is 6.08 Å². The van der Waals surface area contributed by atoms with Crippen molar-refractivity contribution in [3.8, 4) is 0 Å². The third-order valence-corrected chi connectivity index (χ3v) is 6.78. The Balaban J connectivity index is 2.43. The van der Waals surface area contributed by atoms with Gasteiger partial charge in [0.15, 0.2) is 0 Å². The zero-order chi connectivity index (χ0) is 20.7. The molecule has 4 nitrogen and oxygen atoms in total. The lowest BCUT2D eigenvalue weighted by atomic mass is 10.0. The van der Waals surface area contributed by atoms with E-state index in [1.807, 2.05) is 63.3 Å². The van der Waals surface area contributed by atoms with Gasteiger partial charge in [-0.05, 0) is 49.1 Å². The van der Waals surface area contributed by atoms with Crippen molar-refractivity contribution < 1.29 is 13.5 Å². The van der Waals surface area contributed by atoms with Crippen molar-refractivity contribution in [1.29, 1.82) is 0 Å². The molecule has 2 atom stereocenters. The largest absolute Gasteiger partial charge is 0.395 e. The van der Waals surface area contributed by atoms with E-state index in [-0.39, 0.29) is 17.4 Å². The van der Waals surface area contributed by atoms with Crippen molar-refractivity contribution in [3.05, 3.63) is 71.3 Å². The standard InChI is InChI=1S/C22H28ClNO3S/c1-17(2)15-21(16-25)24(18(3)9-10-19-7-5-4-6-8-19)28(26,27)22-13-11-20(23)12-14-22/h4-14,17-18,21,25H,15-16H2,1-3H3/b10-9+/t18?,21-/m1/s1. The van der Waals surface area contributed by atoms with Crippen molar-refractivity contribution in [3.63, 3.8) is 0 Å². The molecule has 0 saturated heterocycles. The van der Waals surface area contributed by atoms with Crippen LogP contribution >= 0.6 is 11.6 Å². The molecule has 28 heavy (non-hydrogen) atoms. The number of aliphatic hydroxyl groups excluding tert-OH is 1. The first-order chi connectivity index (χ1) is 13.3. The van der Waals surface area contributed by atoms with Gasteiger partial charge >= 0.3 is 0 Å². The summed E-state index contributed by atoms with van der Waals surface area (Å²) in [4.78, 5) is 0.166. The van der Waals surface area contributed by atoms with Crippen molar-refractivity contribution in [2.24, 2.45) is 5.92 Å². The lowest BCUT2D eigenvalue weighted by Gasteiger charge is -2.34. The first-order valence-electron chi connectivity index (χ1n) is 9.39. The maximum Gasteiger partial charge on any atom is 0.243 e. The predicted molar refractivity (Wildman–Crippen MR) is 116 cm³/mol. The average Bonchev–Trinajstić information content (AvgIpc) is 2.66. The lowest BCUT2D eigenvalue weighted by molar-refractivity contribution is 0.156. The predicted octanol–water partition coefficient (Wildman–Crippen LogP) is 4.84. The summed E-state index contributed by atoms with van der Waals surface area (Å²) in [5, 5.41) is 10.5. The molecule has 2 aromatic rings. The number of hydrogen-bond acceptors (Lipinski definition) is 3. The fourth-order valence-electron chi connectivity index (χ4n) is 3.18.